The number of esters is 1. The quantitative estimate of drug-likeness (QED) is 0.587. The molecule has 0 aliphatic rings. The Hall–Kier alpha value is -1.11. The van der Waals surface area contributed by atoms with Gasteiger partial charge in [-0.3, -0.25) is 0 Å². The molecular formula is C9H6IO4-. The van der Waals surface area contributed by atoms with Crippen molar-refractivity contribution < 1.29 is 19.4 Å². The summed E-state index contributed by atoms with van der Waals surface area (Å²) in [6, 6.07) is 4.19. The summed E-state index contributed by atoms with van der Waals surface area (Å²) in [5, 5.41) is 10.5. The smallest absolute Gasteiger partial charge is 0.337 e. The van der Waals surface area contributed by atoms with Crippen molar-refractivity contribution in [2.24, 2.45) is 0 Å². The van der Waals surface area contributed by atoms with Crippen molar-refractivity contribution in [2.75, 3.05) is 7.11 Å². The molecule has 5 heteroatoms. The molecule has 0 N–H and O–H groups in total. The molecule has 0 fully saturated rings. The molecule has 0 spiro atoms. The molecular weight excluding hydrogens is 299 g/mol. The van der Waals surface area contributed by atoms with Crippen LogP contribution in [0.4, 0.5) is 0 Å². The molecule has 0 saturated heterocycles. The van der Waals surface area contributed by atoms with E-state index in [-0.39, 0.29) is 11.1 Å². The Morgan fingerprint density at radius 3 is 2.36 bits per heavy atom. The fraction of sp³-hybridized carbons (Fsp3) is 0.111. The van der Waals surface area contributed by atoms with E-state index in [0.717, 1.165) is 0 Å². The maximum absolute atomic E-state index is 11.1. The van der Waals surface area contributed by atoms with Crippen molar-refractivity contribution in [3.63, 3.8) is 0 Å². The average Bonchev–Trinajstić information content (AvgIpc) is 2.15. The maximum atomic E-state index is 11.1. The molecule has 1 aromatic carbocycles. The minimum absolute atomic E-state index is 0.0303. The summed E-state index contributed by atoms with van der Waals surface area (Å²) in [5.74, 6) is -1.88. The summed E-state index contributed by atoms with van der Waals surface area (Å²) in [4.78, 5) is 21.7. The molecule has 0 unspecified atom stereocenters. The van der Waals surface area contributed by atoms with Gasteiger partial charge in [0, 0.05) is 3.57 Å². The second kappa shape index (κ2) is 4.41. The van der Waals surface area contributed by atoms with Crippen LogP contribution < -0.4 is 5.11 Å². The Balaban J connectivity index is 3.20. The molecule has 0 heterocycles. The third kappa shape index (κ3) is 2.44. The number of aromatic carboxylic acids is 1. The molecule has 1 aromatic rings. The zero-order valence-corrected chi connectivity index (χ0v) is 9.40. The van der Waals surface area contributed by atoms with Gasteiger partial charge in [0.15, 0.2) is 0 Å². The number of hydrogen-bond donors (Lipinski definition) is 0. The van der Waals surface area contributed by atoms with Crippen molar-refractivity contribution in [1.82, 2.24) is 0 Å². The number of carboxylic acids is 1. The Labute approximate surface area is 94.0 Å². The summed E-state index contributed by atoms with van der Waals surface area (Å²) >= 11 is 1.92. The number of halogens is 1. The molecule has 4 nitrogen and oxygen atoms in total. The Morgan fingerprint density at radius 2 is 1.86 bits per heavy atom. The van der Waals surface area contributed by atoms with Gasteiger partial charge in [0.2, 0.25) is 0 Å². The fourth-order valence-corrected chi connectivity index (χ4v) is 1.61. The van der Waals surface area contributed by atoms with Crippen LogP contribution in [-0.4, -0.2) is 19.0 Å². The minimum atomic E-state index is -1.31. The standard InChI is InChI=1S/C9H7IO4/c1-14-9(13)6-2-5(8(11)12)3-7(10)4-6/h2-4H,1H3,(H,11,12)/p-1. The maximum Gasteiger partial charge on any atom is 0.337 e. The monoisotopic (exact) mass is 305 g/mol. The second-order valence-corrected chi connectivity index (χ2v) is 3.75. The number of methoxy groups -OCH3 is 1. The first-order valence-electron chi connectivity index (χ1n) is 3.65. The van der Waals surface area contributed by atoms with Gasteiger partial charge in [0.25, 0.3) is 0 Å². The van der Waals surface area contributed by atoms with Crippen LogP contribution in [0.2, 0.25) is 0 Å². The van der Waals surface area contributed by atoms with E-state index in [0.29, 0.717) is 3.57 Å². The van der Waals surface area contributed by atoms with Gasteiger partial charge in [0.05, 0.1) is 18.6 Å². The lowest BCUT2D eigenvalue weighted by molar-refractivity contribution is -0.255. The van der Waals surface area contributed by atoms with Gasteiger partial charge in [-0.2, -0.15) is 0 Å². The van der Waals surface area contributed by atoms with Crippen LogP contribution in [0.5, 0.6) is 0 Å². The first-order valence-corrected chi connectivity index (χ1v) is 4.72. The van der Waals surface area contributed by atoms with Crippen molar-refractivity contribution in [3.05, 3.63) is 32.9 Å². The van der Waals surface area contributed by atoms with Gasteiger partial charge in [-0.1, -0.05) is 0 Å². The highest BCUT2D eigenvalue weighted by Gasteiger charge is 2.07. The van der Waals surface area contributed by atoms with Crippen molar-refractivity contribution in [1.29, 1.82) is 0 Å². The van der Waals surface area contributed by atoms with Crippen molar-refractivity contribution in [3.8, 4) is 0 Å². The number of carboxylic acid groups (broad SMARTS) is 1. The summed E-state index contributed by atoms with van der Waals surface area (Å²) in [5.41, 5.74) is 0.177. The summed E-state index contributed by atoms with van der Waals surface area (Å²) in [6.45, 7) is 0. The van der Waals surface area contributed by atoms with Crippen LogP contribution in [0.15, 0.2) is 18.2 Å². The predicted octanol–water partition coefficient (Wildman–Crippen LogP) is 0.441. The molecule has 74 valence electrons. The largest absolute Gasteiger partial charge is 0.545 e. The molecule has 14 heavy (non-hydrogen) atoms. The molecule has 0 bridgehead atoms. The van der Waals surface area contributed by atoms with Crippen LogP contribution in [0.1, 0.15) is 20.7 Å². The molecule has 0 radical (unpaired) electrons. The van der Waals surface area contributed by atoms with E-state index >= 15 is 0 Å². The molecule has 0 atom stereocenters. The molecule has 0 aromatic heterocycles. The van der Waals surface area contributed by atoms with E-state index in [1.165, 1.54) is 19.2 Å². The molecule has 0 aliphatic carbocycles. The van der Waals surface area contributed by atoms with E-state index in [9.17, 15) is 14.7 Å². The van der Waals surface area contributed by atoms with Gasteiger partial charge in [-0.05, 0) is 46.4 Å². The minimum Gasteiger partial charge on any atom is -0.545 e. The highest BCUT2D eigenvalue weighted by atomic mass is 127. The third-order valence-electron chi connectivity index (χ3n) is 1.55. The zero-order chi connectivity index (χ0) is 10.7. The zero-order valence-electron chi connectivity index (χ0n) is 7.24. The van der Waals surface area contributed by atoms with Gasteiger partial charge in [-0.15, -0.1) is 0 Å². The fourth-order valence-electron chi connectivity index (χ4n) is 0.943. The predicted molar refractivity (Wildman–Crippen MR) is 54.8 cm³/mol. The van der Waals surface area contributed by atoms with E-state index < -0.39 is 11.9 Å². The normalized spacial score (nSPS) is 9.57. The Morgan fingerprint density at radius 1 is 1.29 bits per heavy atom. The lowest BCUT2D eigenvalue weighted by Gasteiger charge is -2.05. The highest BCUT2D eigenvalue weighted by molar-refractivity contribution is 14.1. The van der Waals surface area contributed by atoms with Crippen LogP contribution >= 0.6 is 22.6 Å². The van der Waals surface area contributed by atoms with Gasteiger partial charge >= 0.3 is 5.97 Å². The number of carbonyl (C=O) groups is 2. The number of carbonyl (C=O) groups excluding carboxylic acids is 2. The van der Waals surface area contributed by atoms with E-state index in [1.807, 2.05) is 22.6 Å². The van der Waals surface area contributed by atoms with Crippen LogP contribution in [0.25, 0.3) is 0 Å². The first-order chi connectivity index (χ1) is 6.54. The van der Waals surface area contributed by atoms with E-state index in [2.05, 4.69) is 4.74 Å². The lowest BCUT2D eigenvalue weighted by atomic mass is 10.1. The topological polar surface area (TPSA) is 66.4 Å². The van der Waals surface area contributed by atoms with Crippen LogP contribution in [0, 0.1) is 3.57 Å². The van der Waals surface area contributed by atoms with Gasteiger partial charge < -0.3 is 14.6 Å². The van der Waals surface area contributed by atoms with Crippen LogP contribution in [0.3, 0.4) is 0 Å². The molecule has 1 rings (SSSR count). The lowest BCUT2D eigenvalue weighted by Crippen LogP contribution is -2.22. The summed E-state index contributed by atoms with van der Waals surface area (Å²) in [7, 11) is 1.24. The molecule has 0 saturated carbocycles. The second-order valence-electron chi connectivity index (χ2n) is 2.51. The number of rotatable bonds is 2. The Bertz CT molecular complexity index is 386. The van der Waals surface area contributed by atoms with Gasteiger partial charge in [-0.25, -0.2) is 4.79 Å². The van der Waals surface area contributed by atoms with E-state index in [1.54, 1.807) is 6.07 Å². The number of hydrogen-bond acceptors (Lipinski definition) is 4. The highest BCUT2D eigenvalue weighted by Crippen LogP contribution is 2.12. The SMILES string of the molecule is COC(=O)c1cc(I)cc(C(=O)[O-])c1. The average molecular weight is 305 g/mol. The molecule has 0 aliphatic heterocycles. The first kappa shape index (κ1) is 11.0. The third-order valence-corrected chi connectivity index (χ3v) is 2.18. The Kier molecular flexibility index (Phi) is 3.45. The van der Waals surface area contributed by atoms with E-state index in [4.69, 9.17) is 0 Å². The summed E-state index contributed by atoms with van der Waals surface area (Å²) < 4.78 is 5.11. The van der Waals surface area contributed by atoms with Crippen molar-refractivity contribution >= 4 is 34.5 Å². The summed E-state index contributed by atoms with van der Waals surface area (Å²) in [6.07, 6.45) is 0. The number of benzene rings is 1. The van der Waals surface area contributed by atoms with Crippen LogP contribution in [-0.2, 0) is 4.74 Å². The molecule has 0 amide bonds. The number of ether oxygens (including phenoxy) is 1. The van der Waals surface area contributed by atoms with Gasteiger partial charge in [0.1, 0.15) is 0 Å². The van der Waals surface area contributed by atoms with Crippen molar-refractivity contribution in [2.45, 2.75) is 0 Å².